The molecule has 0 unspecified atom stereocenters. The topological polar surface area (TPSA) is 68.8 Å². The lowest BCUT2D eigenvalue weighted by molar-refractivity contribution is 0.0976. The molecule has 0 aliphatic rings. The minimum Gasteiger partial charge on any atom is -0.494 e. The summed E-state index contributed by atoms with van der Waals surface area (Å²) in [6.07, 6.45) is 1.91. The molecule has 2 aromatic carbocycles. The Hall–Kier alpha value is -2.80. The van der Waals surface area contributed by atoms with E-state index >= 15 is 0 Å². The van der Waals surface area contributed by atoms with Crippen LogP contribution in [0.15, 0.2) is 42.5 Å². The van der Waals surface area contributed by atoms with Crippen LogP contribution in [0.1, 0.15) is 49.5 Å². The van der Waals surface area contributed by atoms with Crippen LogP contribution in [0, 0.1) is 5.92 Å². The van der Waals surface area contributed by atoms with Crippen LogP contribution >= 0.6 is 12.2 Å². The van der Waals surface area contributed by atoms with Crippen molar-refractivity contribution in [2.24, 2.45) is 5.92 Å². The number of nitrogens with one attached hydrogen (secondary N) is 2. The summed E-state index contributed by atoms with van der Waals surface area (Å²) in [5, 5.41) is 6.00. The molecule has 6 nitrogen and oxygen atoms in total. The molecule has 0 bridgehead atoms. The van der Waals surface area contributed by atoms with Crippen molar-refractivity contribution >= 4 is 23.2 Å². The number of ether oxygens (including phenoxy) is 3. The van der Waals surface area contributed by atoms with Gasteiger partial charge in [-0.15, -0.1) is 0 Å². The van der Waals surface area contributed by atoms with Crippen LogP contribution in [0.4, 0.5) is 0 Å². The molecule has 2 rings (SSSR count). The molecule has 0 spiro atoms. The highest BCUT2D eigenvalue weighted by Gasteiger charge is 2.10. The van der Waals surface area contributed by atoms with E-state index in [9.17, 15) is 4.79 Å². The molecule has 1 amide bonds. The number of carbonyl (C=O) groups is 1. The first kappa shape index (κ1) is 24.5. The van der Waals surface area contributed by atoms with Crippen LogP contribution in [0.3, 0.4) is 0 Å². The van der Waals surface area contributed by atoms with Crippen molar-refractivity contribution in [1.82, 2.24) is 10.6 Å². The van der Waals surface area contributed by atoms with Crippen molar-refractivity contribution in [3.63, 3.8) is 0 Å². The van der Waals surface area contributed by atoms with Crippen LogP contribution < -0.4 is 24.8 Å². The number of carbonyl (C=O) groups excluding carboxylic acids is 1. The van der Waals surface area contributed by atoms with E-state index in [-0.39, 0.29) is 11.0 Å². The van der Waals surface area contributed by atoms with Crippen LogP contribution in [-0.2, 0) is 6.54 Å². The van der Waals surface area contributed by atoms with E-state index in [1.807, 2.05) is 18.2 Å². The summed E-state index contributed by atoms with van der Waals surface area (Å²) in [7, 11) is 1.61. The lowest BCUT2D eigenvalue weighted by Crippen LogP contribution is -2.38. The normalized spacial score (nSPS) is 10.5. The van der Waals surface area contributed by atoms with Crippen molar-refractivity contribution in [3.05, 3.63) is 53.6 Å². The van der Waals surface area contributed by atoms with Gasteiger partial charge in [-0.2, -0.15) is 0 Å². The second-order valence-electron chi connectivity index (χ2n) is 7.53. The maximum atomic E-state index is 12.4. The molecule has 0 radical (unpaired) electrons. The number of methoxy groups -OCH3 is 1. The van der Waals surface area contributed by atoms with Crippen LogP contribution in [-0.4, -0.2) is 31.3 Å². The quantitative estimate of drug-likeness (QED) is 0.489. The highest BCUT2D eigenvalue weighted by molar-refractivity contribution is 7.80. The molecular formula is C24H32N2O4S. The zero-order valence-electron chi connectivity index (χ0n) is 18.7. The van der Waals surface area contributed by atoms with Crippen LogP contribution in [0.5, 0.6) is 17.2 Å². The fourth-order valence-electron chi connectivity index (χ4n) is 2.67. The smallest absolute Gasteiger partial charge is 0.257 e. The summed E-state index contributed by atoms with van der Waals surface area (Å²) >= 11 is 5.26. The SMILES string of the molecule is CCCOc1ccc(CNC(=S)NC(=O)c2ccc(OCCC(C)C)cc2)cc1OC. The van der Waals surface area contributed by atoms with Crippen molar-refractivity contribution < 1.29 is 19.0 Å². The molecule has 31 heavy (non-hydrogen) atoms. The van der Waals surface area contributed by atoms with E-state index in [1.54, 1.807) is 31.4 Å². The monoisotopic (exact) mass is 444 g/mol. The Labute approximate surface area is 190 Å². The average molecular weight is 445 g/mol. The number of hydrogen-bond donors (Lipinski definition) is 2. The van der Waals surface area contributed by atoms with Gasteiger partial charge in [-0.1, -0.05) is 26.8 Å². The van der Waals surface area contributed by atoms with Gasteiger partial charge in [0.15, 0.2) is 16.6 Å². The molecular weight excluding hydrogens is 412 g/mol. The Kier molecular flexibility index (Phi) is 10.1. The number of thiocarbonyl (C=S) groups is 1. The fourth-order valence-corrected chi connectivity index (χ4v) is 2.83. The first-order chi connectivity index (χ1) is 14.9. The van der Waals surface area contributed by atoms with Gasteiger partial charge in [0.05, 0.1) is 20.3 Å². The molecule has 0 atom stereocenters. The summed E-state index contributed by atoms with van der Waals surface area (Å²) in [6.45, 7) is 8.10. The standard InChI is InChI=1S/C24H32N2O4S/c1-5-13-30-21-11-6-18(15-22(21)28-4)16-25-24(31)26-23(27)19-7-9-20(10-8-19)29-14-12-17(2)3/h6-11,15,17H,5,12-14,16H2,1-4H3,(H2,25,26,27,31). The lowest BCUT2D eigenvalue weighted by Gasteiger charge is -2.13. The van der Waals surface area contributed by atoms with Gasteiger partial charge in [-0.3, -0.25) is 10.1 Å². The summed E-state index contributed by atoms with van der Waals surface area (Å²) in [5.74, 6) is 2.44. The zero-order chi connectivity index (χ0) is 22.6. The molecule has 0 saturated carbocycles. The Morgan fingerprint density at radius 3 is 2.42 bits per heavy atom. The van der Waals surface area contributed by atoms with Crippen LogP contribution in [0.25, 0.3) is 0 Å². The Bertz CT molecular complexity index is 853. The molecule has 0 fully saturated rings. The fraction of sp³-hybridized carbons (Fsp3) is 0.417. The van der Waals surface area contributed by atoms with Gasteiger partial charge >= 0.3 is 0 Å². The molecule has 0 aromatic heterocycles. The Morgan fingerprint density at radius 1 is 1.03 bits per heavy atom. The second kappa shape index (κ2) is 12.8. The number of rotatable bonds is 11. The van der Waals surface area contributed by atoms with Gasteiger partial charge in [0.2, 0.25) is 0 Å². The second-order valence-corrected chi connectivity index (χ2v) is 7.93. The predicted molar refractivity (Wildman–Crippen MR) is 127 cm³/mol. The Morgan fingerprint density at radius 2 is 1.77 bits per heavy atom. The van der Waals surface area contributed by atoms with E-state index in [4.69, 9.17) is 26.4 Å². The number of benzene rings is 2. The largest absolute Gasteiger partial charge is 0.494 e. The number of amides is 1. The van der Waals surface area contributed by atoms with Crippen molar-refractivity contribution in [1.29, 1.82) is 0 Å². The van der Waals surface area contributed by atoms with Crippen molar-refractivity contribution in [3.8, 4) is 17.2 Å². The van der Waals surface area contributed by atoms with E-state index in [1.165, 1.54) is 0 Å². The first-order valence-electron chi connectivity index (χ1n) is 10.5. The Balaban J connectivity index is 1.83. The van der Waals surface area contributed by atoms with Gasteiger partial charge in [0.25, 0.3) is 5.91 Å². The molecule has 2 aromatic rings. The van der Waals surface area contributed by atoms with Crippen molar-refractivity contribution in [2.75, 3.05) is 20.3 Å². The lowest BCUT2D eigenvalue weighted by atomic mass is 10.1. The summed E-state index contributed by atoms with van der Waals surface area (Å²) in [4.78, 5) is 12.4. The molecule has 168 valence electrons. The van der Waals surface area contributed by atoms with E-state index < -0.39 is 0 Å². The third-order valence-electron chi connectivity index (χ3n) is 4.45. The predicted octanol–water partition coefficient (Wildman–Crippen LogP) is 4.71. The zero-order valence-corrected chi connectivity index (χ0v) is 19.5. The molecule has 0 saturated heterocycles. The van der Waals surface area contributed by atoms with Crippen LogP contribution in [0.2, 0.25) is 0 Å². The summed E-state index contributed by atoms with van der Waals surface area (Å²) in [6, 6.07) is 12.7. The van der Waals surface area contributed by atoms with Gasteiger partial charge in [0, 0.05) is 12.1 Å². The highest BCUT2D eigenvalue weighted by Crippen LogP contribution is 2.28. The van der Waals surface area contributed by atoms with Crippen molar-refractivity contribution in [2.45, 2.75) is 40.2 Å². The minimum atomic E-state index is -0.271. The van der Waals surface area contributed by atoms with Gasteiger partial charge in [-0.25, -0.2) is 0 Å². The van der Waals surface area contributed by atoms with Gasteiger partial charge in [0.1, 0.15) is 5.75 Å². The average Bonchev–Trinajstić information content (AvgIpc) is 2.76. The van der Waals surface area contributed by atoms with Gasteiger partial charge in [-0.05, 0) is 72.9 Å². The maximum absolute atomic E-state index is 12.4. The minimum absolute atomic E-state index is 0.257. The first-order valence-corrected chi connectivity index (χ1v) is 11.0. The molecule has 7 heteroatoms. The molecule has 2 N–H and O–H groups in total. The van der Waals surface area contributed by atoms with E-state index in [0.29, 0.717) is 42.7 Å². The molecule has 0 aliphatic carbocycles. The van der Waals surface area contributed by atoms with E-state index in [0.717, 1.165) is 24.2 Å². The maximum Gasteiger partial charge on any atom is 0.257 e. The van der Waals surface area contributed by atoms with Gasteiger partial charge < -0.3 is 19.5 Å². The summed E-state index contributed by atoms with van der Waals surface area (Å²) in [5.41, 5.74) is 1.47. The third kappa shape index (κ3) is 8.45. The molecule has 0 aliphatic heterocycles. The third-order valence-corrected chi connectivity index (χ3v) is 4.70. The van der Waals surface area contributed by atoms with E-state index in [2.05, 4.69) is 31.4 Å². The highest BCUT2D eigenvalue weighted by atomic mass is 32.1. The summed E-state index contributed by atoms with van der Waals surface area (Å²) < 4.78 is 16.7. The molecule has 0 heterocycles. The number of hydrogen-bond acceptors (Lipinski definition) is 5.